The molecule has 154 valence electrons. The van der Waals surface area contributed by atoms with Gasteiger partial charge < -0.3 is 20.4 Å². The molecule has 0 unspecified atom stereocenters. The average molecular weight is 515 g/mol. The fraction of sp³-hybridized carbons (Fsp3) is 0.526. The van der Waals surface area contributed by atoms with E-state index in [1.54, 1.807) is 11.3 Å². The Bertz CT molecular complexity index is 739. The van der Waals surface area contributed by atoms with Crippen molar-refractivity contribution in [2.75, 3.05) is 44.7 Å². The number of pyridine rings is 1. The van der Waals surface area contributed by atoms with Gasteiger partial charge in [-0.25, -0.2) is 15.0 Å². The lowest BCUT2D eigenvalue weighted by atomic mass is 10.2. The molecule has 28 heavy (non-hydrogen) atoms. The highest BCUT2D eigenvalue weighted by Crippen LogP contribution is 2.14. The average Bonchev–Trinajstić information content (AvgIpc) is 3.10. The summed E-state index contributed by atoms with van der Waals surface area (Å²) in [6.45, 7) is 10.5. The van der Waals surface area contributed by atoms with Gasteiger partial charge in [-0.1, -0.05) is 6.07 Å². The number of anilines is 1. The first kappa shape index (κ1) is 22.8. The summed E-state index contributed by atoms with van der Waals surface area (Å²) < 4.78 is 0. The molecule has 7 nitrogen and oxygen atoms in total. The van der Waals surface area contributed by atoms with Gasteiger partial charge >= 0.3 is 0 Å². The molecule has 0 aliphatic carbocycles. The smallest absolute Gasteiger partial charge is 0.191 e. The van der Waals surface area contributed by atoms with Crippen molar-refractivity contribution in [3.05, 3.63) is 40.0 Å². The van der Waals surface area contributed by atoms with Crippen LogP contribution in [0, 0.1) is 6.92 Å². The van der Waals surface area contributed by atoms with Gasteiger partial charge in [-0.3, -0.25) is 0 Å². The first-order chi connectivity index (χ1) is 13.1. The number of guanidine groups is 1. The highest BCUT2D eigenvalue weighted by Gasteiger charge is 2.14. The van der Waals surface area contributed by atoms with Gasteiger partial charge in [0, 0.05) is 50.0 Å². The number of piperazine rings is 1. The van der Waals surface area contributed by atoms with E-state index in [1.165, 1.54) is 4.88 Å². The van der Waals surface area contributed by atoms with Crippen LogP contribution in [0.2, 0.25) is 0 Å². The Hall–Kier alpha value is -1.46. The summed E-state index contributed by atoms with van der Waals surface area (Å²) in [4.78, 5) is 19.6. The zero-order valence-electron chi connectivity index (χ0n) is 16.8. The molecule has 0 spiro atoms. The number of rotatable bonds is 6. The maximum Gasteiger partial charge on any atom is 0.191 e. The summed E-state index contributed by atoms with van der Waals surface area (Å²) in [5.74, 6) is 1.86. The summed E-state index contributed by atoms with van der Waals surface area (Å²) >= 11 is 1.70. The van der Waals surface area contributed by atoms with Crippen LogP contribution in [0.15, 0.2) is 29.5 Å². The number of aromatic nitrogens is 2. The lowest BCUT2D eigenvalue weighted by molar-refractivity contribution is 0.312. The number of halogens is 1. The van der Waals surface area contributed by atoms with Gasteiger partial charge in [-0.15, -0.1) is 35.3 Å². The lowest BCUT2D eigenvalue weighted by Gasteiger charge is -2.33. The molecule has 1 aliphatic rings. The molecule has 3 rings (SSSR count). The fourth-order valence-corrected chi connectivity index (χ4v) is 3.61. The molecule has 0 bridgehead atoms. The summed E-state index contributed by atoms with van der Waals surface area (Å²) in [5, 5.41) is 7.69. The number of nitrogens with one attached hydrogen (secondary N) is 2. The molecule has 1 fully saturated rings. The number of aryl methyl sites for hydroxylation is 1. The molecule has 0 atom stereocenters. The fourth-order valence-electron chi connectivity index (χ4n) is 2.89. The van der Waals surface area contributed by atoms with E-state index in [9.17, 15) is 0 Å². The Morgan fingerprint density at radius 2 is 1.93 bits per heavy atom. The normalized spacial score (nSPS) is 15.2. The Morgan fingerprint density at radius 1 is 1.14 bits per heavy atom. The van der Waals surface area contributed by atoms with Crippen LogP contribution in [0.5, 0.6) is 0 Å². The second-order valence-corrected chi connectivity index (χ2v) is 8.05. The van der Waals surface area contributed by atoms with E-state index < -0.39 is 0 Å². The van der Waals surface area contributed by atoms with E-state index in [1.807, 2.05) is 12.4 Å². The predicted molar refractivity (Wildman–Crippen MR) is 128 cm³/mol. The highest BCUT2D eigenvalue weighted by molar-refractivity contribution is 14.0. The molecular formula is C19H30IN7S. The third kappa shape index (κ3) is 6.85. The molecule has 1 saturated heterocycles. The third-order valence-electron chi connectivity index (χ3n) is 4.48. The number of likely N-dealkylation sites (N-methyl/N-ethyl adjacent to an activating group) is 1. The molecule has 2 aromatic heterocycles. The Morgan fingerprint density at radius 3 is 2.54 bits per heavy atom. The zero-order valence-corrected chi connectivity index (χ0v) is 20.0. The molecule has 2 N–H and O–H groups in total. The van der Waals surface area contributed by atoms with Gasteiger partial charge in [-0.05, 0) is 32.5 Å². The lowest BCUT2D eigenvalue weighted by Crippen LogP contribution is -2.44. The van der Waals surface area contributed by atoms with Crippen molar-refractivity contribution < 1.29 is 0 Å². The van der Waals surface area contributed by atoms with E-state index >= 15 is 0 Å². The van der Waals surface area contributed by atoms with Crippen molar-refractivity contribution in [1.29, 1.82) is 0 Å². The van der Waals surface area contributed by atoms with Crippen molar-refractivity contribution >= 4 is 47.1 Å². The second kappa shape index (κ2) is 11.5. The number of hydrogen-bond donors (Lipinski definition) is 2. The zero-order chi connectivity index (χ0) is 19.1. The molecule has 0 radical (unpaired) electrons. The van der Waals surface area contributed by atoms with Crippen LogP contribution in [0.1, 0.15) is 22.4 Å². The van der Waals surface area contributed by atoms with Crippen molar-refractivity contribution in [3.63, 3.8) is 0 Å². The maximum absolute atomic E-state index is 4.67. The first-order valence-electron chi connectivity index (χ1n) is 9.46. The van der Waals surface area contributed by atoms with E-state index in [-0.39, 0.29) is 24.0 Å². The maximum atomic E-state index is 4.67. The molecule has 2 aromatic rings. The van der Waals surface area contributed by atoms with Crippen molar-refractivity contribution in [1.82, 2.24) is 25.5 Å². The van der Waals surface area contributed by atoms with Crippen LogP contribution in [0.25, 0.3) is 0 Å². The topological polar surface area (TPSA) is 68.7 Å². The SMILES string of the molecule is CCNC(=NCc1ccc(N2CCN(C)CC2)nc1)NCc1ncc(C)s1.I. The molecule has 3 heterocycles. The van der Waals surface area contributed by atoms with E-state index in [0.717, 1.165) is 55.1 Å². The minimum absolute atomic E-state index is 0. The van der Waals surface area contributed by atoms with Crippen molar-refractivity contribution in [3.8, 4) is 0 Å². The largest absolute Gasteiger partial charge is 0.357 e. The monoisotopic (exact) mass is 515 g/mol. The van der Waals surface area contributed by atoms with Crippen molar-refractivity contribution in [2.24, 2.45) is 4.99 Å². The van der Waals surface area contributed by atoms with E-state index in [4.69, 9.17) is 0 Å². The number of aliphatic imine (C=N–C) groups is 1. The summed E-state index contributed by atoms with van der Waals surface area (Å²) in [6, 6.07) is 4.23. The van der Waals surface area contributed by atoms with Crippen LogP contribution in [-0.2, 0) is 13.1 Å². The standard InChI is InChI=1S/C19H29N7S.HI/c1-4-20-19(24-14-18-22-11-15(2)27-18)23-13-16-5-6-17(21-12-16)26-9-7-25(3)8-10-26;/h5-6,11-12H,4,7-10,13-14H2,1-3H3,(H2,20,23,24);1H. The number of hydrogen-bond acceptors (Lipinski definition) is 6. The molecule has 0 saturated carbocycles. The molecular weight excluding hydrogens is 485 g/mol. The highest BCUT2D eigenvalue weighted by atomic mass is 127. The third-order valence-corrected chi connectivity index (χ3v) is 5.39. The van der Waals surface area contributed by atoms with Crippen LogP contribution in [0.3, 0.4) is 0 Å². The number of nitrogens with zero attached hydrogens (tertiary/aromatic N) is 5. The molecule has 0 amide bonds. The molecule has 9 heteroatoms. The molecule has 1 aliphatic heterocycles. The van der Waals surface area contributed by atoms with Crippen LogP contribution < -0.4 is 15.5 Å². The van der Waals surface area contributed by atoms with Gasteiger partial charge in [0.05, 0.1) is 13.1 Å². The summed E-state index contributed by atoms with van der Waals surface area (Å²) in [6.07, 6.45) is 3.84. The second-order valence-electron chi connectivity index (χ2n) is 6.73. The van der Waals surface area contributed by atoms with E-state index in [0.29, 0.717) is 13.1 Å². The van der Waals surface area contributed by atoms with Gasteiger partial charge in [0.25, 0.3) is 0 Å². The minimum atomic E-state index is 0. The van der Waals surface area contributed by atoms with Crippen LogP contribution in [-0.4, -0.2) is 60.6 Å². The quantitative estimate of drug-likeness (QED) is 0.350. The summed E-state index contributed by atoms with van der Waals surface area (Å²) in [7, 11) is 2.16. The molecule has 0 aromatic carbocycles. The first-order valence-corrected chi connectivity index (χ1v) is 10.3. The Labute approximate surface area is 188 Å². The van der Waals surface area contributed by atoms with E-state index in [2.05, 4.69) is 68.4 Å². The Kier molecular flexibility index (Phi) is 9.39. The number of thiazole rings is 1. The van der Waals surface area contributed by atoms with Gasteiger partial charge in [-0.2, -0.15) is 0 Å². The summed E-state index contributed by atoms with van der Waals surface area (Å²) in [5.41, 5.74) is 1.11. The van der Waals surface area contributed by atoms with Gasteiger partial charge in [0.15, 0.2) is 5.96 Å². The minimum Gasteiger partial charge on any atom is -0.357 e. The van der Waals surface area contributed by atoms with Gasteiger partial charge in [0.2, 0.25) is 0 Å². The Balaban J connectivity index is 0.00000280. The van der Waals surface area contributed by atoms with Crippen LogP contribution in [0.4, 0.5) is 5.82 Å². The van der Waals surface area contributed by atoms with Gasteiger partial charge in [0.1, 0.15) is 10.8 Å². The van der Waals surface area contributed by atoms with Crippen molar-refractivity contribution in [2.45, 2.75) is 26.9 Å². The predicted octanol–water partition coefficient (Wildman–Crippen LogP) is 2.47. The van der Waals surface area contributed by atoms with Crippen LogP contribution >= 0.6 is 35.3 Å².